The van der Waals surface area contributed by atoms with Gasteiger partial charge in [-0.2, -0.15) is 8.78 Å². The first-order valence-electron chi connectivity index (χ1n) is 4.38. The zero-order chi connectivity index (χ0) is 12.6. The van der Waals surface area contributed by atoms with Gasteiger partial charge < -0.3 is 5.11 Å². The van der Waals surface area contributed by atoms with Gasteiger partial charge in [0.25, 0.3) is 0 Å². The highest BCUT2D eigenvalue weighted by atomic mass is 19.2. The molecule has 1 rings (SSSR count). The summed E-state index contributed by atoms with van der Waals surface area (Å²) in [5.41, 5.74) is -1.30. The molecule has 1 aromatic carbocycles. The lowest BCUT2D eigenvalue weighted by atomic mass is 9.99. The molecule has 0 atom stereocenters. The molecule has 0 aromatic heterocycles. The van der Waals surface area contributed by atoms with Crippen LogP contribution in [-0.4, -0.2) is 10.9 Å². The highest BCUT2D eigenvalue weighted by Gasteiger charge is 2.30. The number of aromatic hydroxyl groups is 1. The number of hydrogen-bond donors (Lipinski definition) is 1. The monoisotopic (exact) mass is 236 g/mol. The van der Waals surface area contributed by atoms with Crippen molar-refractivity contribution in [1.82, 2.24) is 0 Å². The van der Waals surface area contributed by atoms with Crippen molar-refractivity contribution in [1.29, 1.82) is 0 Å². The van der Waals surface area contributed by atoms with E-state index in [4.69, 9.17) is 5.11 Å². The molecule has 0 unspecified atom stereocenters. The lowest BCUT2D eigenvalue weighted by Gasteiger charge is -2.09. The molecule has 0 aliphatic rings. The zero-order valence-corrected chi connectivity index (χ0v) is 8.44. The highest BCUT2D eigenvalue weighted by Crippen LogP contribution is 2.29. The Morgan fingerprint density at radius 3 is 1.69 bits per heavy atom. The molecule has 1 aromatic rings. The van der Waals surface area contributed by atoms with Crippen LogP contribution < -0.4 is 0 Å². The summed E-state index contributed by atoms with van der Waals surface area (Å²) < 4.78 is 52.0. The molecule has 0 bridgehead atoms. The molecule has 0 saturated heterocycles. The van der Waals surface area contributed by atoms with Crippen molar-refractivity contribution < 1.29 is 27.5 Å². The van der Waals surface area contributed by atoms with Gasteiger partial charge in [-0.25, -0.2) is 8.78 Å². The number of phenolic OH excluding ortho intramolecular Hbond substituents is 1. The molecule has 0 amide bonds. The van der Waals surface area contributed by atoms with Crippen LogP contribution in [-0.2, 0) is 0 Å². The summed E-state index contributed by atoms with van der Waals surface area (Å²) in [6, 6.07) is 0. The summed E-state index contributed by atoms with van der Waals surface area (Å²) in [7, 11) is 0. The van der Waals surface area contributed by atoms with Crippen molar-refractivity contribution in [3.8, 4) is 5.75 Å². The number of phenols is 1. The van der Waals surface area contributed by atoms with Crippen LogP contribution in [0.2, 0.25) is 0 Å². The maximum absolute atomic E-state index is 13.2. The van der Waals surface area contributed by atoms with Crippen LogP contribution in [0.25, 0.3) is 0 Å². The predicted molar refractivity (Wildman–Crippen MR) is 47.1 cm³/mol. The van der Waals surface area contributed by atoms with Gasteiger partial charge in [0.05, 0.1) is 5.56 Å². The van der Waals surface area contributed by atoms with Crippen LogP contribution in [0, 0.1) is 29.2 Å². The van der Waals surface area contributed by atoms with Gasteiger partial charge in [0.2, 0.25) is 11.6 Å². The molecule has 0 fully saturated rings. The summed E-state index contributed by atoms with van der Waals surface area (Å²) in [5.74, 6) is -11.4. The van der Waals surface area contributed by atoms with Crippen LogP contribution >= 0.6 is 0 Å². The van der Waals surface area contributed by atoms with Gasteiger partial charge in [0.15, 0.2) is 23.2 Å². The van der Waals surface area contributed by atoms with Gasteiger partial charge >= 0.3 is 0 Å². The van der Waals surface area contributed by atoms with Crippen LogP contribution in [0.5, 0.6) is 5.75 Å². The van der Waals surface area contributed by atoms with E-state index in [1.807, 2.05) is 0 Å². The minimum atomic E-state index is -1.97. The fraction of sp³-hybridized carbons (Fsp3) is 0.300. The van der Waals surface area contributed by atoms with Crippen LogP contribution in [0.15, 0.2) is 0 Å². The van der Waals surface area contributed by atoms with Crippen LogP contribution in [0.4, 0.5) is 17.6 Å². The van der Waals surface area contributed by atoms with E-state index in [-0.39, 0.29) is 0 Å². The Kier molecular flexibility index (Phi) is 3.21. The van der Waals surface area contributed by atoms with Crippen molar-refractivity contribution in [3.63, 3.8) is 0 Å². The number of hydrogen-bond acceptors (Lipinski definition) is 2. The van der Waals surface area contributed by atoms with Gasteiger partial charge in [0, 0.05) is 5.92 Å². The molecule has 0 aliphatic carbocycles. The smallest absolute Gasteiger partial charge is 0.204 e. The van der Waals surface area contributed by atoms with Crippen molar-refractivity contribution in [3.05, 3.63) is 28.8 Å². The molecular weight excluding hydrogens is 228 g/mol. The van der Waals surface area contributed by atoms with E-state index >= 15 is 0 Å². The molecule has 88 valence electrons. The maximum atomic E-state index is 13.2. The summed E-state index contributed by atoms with van der Waals surface area (Å²) >= 11 is 0. The molecular formula is C10H8F4O2. The molecule has 16 heavy (non-hydrogen) atoms. The third-order valence-electron chi connectivity index (χ3n) is 2.01. The Morgan fingerprint density at radius 1 is 1.00 bits per heavy atom. The Labute approximate surface area is 88.5 Å². The lowest BCUT2D eigenvalue weighted by Crippen LogP contribution is -2.15. The molecule has 0 radical (unpaired) electrons. The van der Waals surface area contributed by atoms with Gasteiger partial charge in [-0.1, -0.05) is 13.8 Å². The number of Topliss-reactive ketones (excluding diaryl/α,β-unsaturated/α-hetero) is 1. The van der Waals surface area contributed by atoms with E-state index in [1.165, 1.54) is 13.8 Å². The number of carbonyl (C=O) groups is 1. The van der Waals surface area contributed by atoms with Crippen molar-refractivity contribution >= 4 is 5.78 Å². The number of benzene rings is 1. The minimum Gasteiger partial charge on any atom is -0.503 e. The van der Waals surface area contributed by atoms with E-state index in [1.54, 1.807) is 0 Å². The first-order valence-corrected chi connectivity index (χ1v) is 4.38. The van der Waals surface area contributed by atoms with E-state index in [9.17, 15) is 22.4 Å². The van der Waals surface area contributed by atoms with Crippen molar-refractivity contribution in [2.75, 3.05) is 0 Å². The molecule has 0 spiro atoms. The first-order chi connectivity index (χ1) is 7.29. The maximum Gasteiger partial charge on any atom is 0.204 e. The zero-order valence-electron chi connectivity index (χ0n) is 8.44. The highest BCUT2D eigenvalue weighted by molar-refractivity contribution is 5.98. The standard InChI is InChI=1S/C10H8F4O2/c1-3(2)9(15)4-5(11)7(13)10(16)8(14)6(4)12/h3,16H,1-2H3. The van der Waals surface area contributed by atoms with Crippen LogP contribution in [0.3, 0.4) is 0 Å². The Morgan fingerprint density at radius 2 is 1.38 bits per heavy atom. The average Bonchev–Trinajstić information content (AvgIpc) is 2.23. The molecule has 0 heterocycles. The molecule has 0 aliphatic heterocycles. The third-order valence-corrected chi connectivity index (χ3v) is 2.01. The van der Waals surface area contributed by atoms with Gasteiger partial charge in [-0.15, -0.1) is 0 Å². The number of carbonyl (C=O) groups excluding carboxylic acids is 1. The van der Waals surface area contributed by atoms with E-state index < -0.39 is 46.3 Å². The normalized spacial score (nSPS) is 10.9. The van der Waals surface area contributed by atoms with Gasteiger partial charge in [-0.3, -0.25) is 4.79 Å². The number of rotatable bonds is 2. The second kappa shape index (κ2) is 4.11. The van der Waals surface area contributed by atoms with Crippen LogP contribution in [0.1, 0.15) is 24.2 Å². The molecule has 6 heteroatoms. The van der Waals surface area contributed by atoms with Gasteiger partial charge in [-0.05, 0) is 0 Å². The first kappa shape index (κ1) is 12.5. The predicted octanol–water partition coefficient (Wildman–Crippen LogP) is 2.79. The molecule has 2 nitrogen and oxygen atoms in total. The van der Waals surface area contributed by atoms with E-state index in [0.717, 1.165) is 0 Å². The summed E-state index contributed by atoms with van der Waals surface area (Å²) in [4.78, 5) is 11.3. The third kappa shape index (κ3) is 1.75. The van der Waals surface area contributed by atoms with Crippen molar-refractivity contribution in [2.45, 2.75) is 13.8 Å². The number of halogens is 4. The van der Waals surface area contributed by atoms with Crippen molar-refractivity contribution in [2.24, 2.45) is 5.92 Å². The SMILES string of the molecule is CC(C)C(=O)c1c(F)c(F)c(O)c(F)c1F. The molecule has 0 saturated carbocycles. The minimum absolute atomic E-state index is 0.827. The Hall–Kier alpha value is -1.59. The summed E-state index contributed by atoms with van der Waals surface area (Å²) in [6.07, 6.45) is 0. The fourth-order valence-electron chi connectivity index (χ4n) is 1.13. The topological polar surface area (TPSA) is 37.3 Å². The Balaban J connectivity index is 3.58. The van der Waals surface area contributed by atoms with E-state index in [2.05, 4.69) is 0 Å². The fourth-order valence-corrected chi connectivity index (χ4v) is 1.13. The Bertz CT molecular complexity index is 426. The number of ketones is 1. The summed E-state index contributed by atoms with van der Waals surface area (Å²) in [6.45, 7) is 2.65. The lowest BCUT2D eigenvalue weighted by molar-refractivity contribution is 0.0928. The average molecular weight is 236 g/mol. The second-order valence-electron chi connectivity index (χ2n) is 3.50. The van der Waals surface area contributed by atoms with Gasteiger partial charge in [0.1, 0.15) is 0 Å². The summed E-state index contributed by atoms with van der Waals surface area (Å²) in [5, 5.41) is 8.67. The largest absolute Gasteiger partial charge is 0.503 e. The van der Waals surface area contributed by atoms with E-state index in [0.29, 0.717) is 0 Å². The quantitative estimate of drug-likeness (QED) is 0.487. The second-order valence-corrected chi connectivity index (χ2v) is 3.50. The molecule has 1 N–H and O–H groups in total.